The van der Waals surface area contributed by atoms with E-state index in [1.54, 1.807) is 18.2 Å². The quantitative estimate of drug-likeness (QED) is 0.833. The van der Waals surface area contributed by atoms with Gasteiger partial charge in [-0.15, -0.1) is 0 Å². The fourth-order valence-corrected chi connectivity index (χ4v) is 1.57. The third kappa shape index (κ3) is 3.76. The van der Waals surface area contributed by atoms with Crippen molar-refractivity contribution >= 4 is 40.8 Å². The lowest BCUT2D eigenvalue weighted by Gasteiger charge is -2.08. The summed E-state index contributed by atoms with van der Waals surface area (Å²) in [7, 11) is 0. The van der Waals surface area contributed by atoms with Crippen LogP contribution in [0.3, 0.4) is 0 Å². The molecule has 0 saturated carbocycles. The Hall–Kier alpha value is -1.52. The van der Waals surface area contributed by atoms with Crippen LogP contribution in [0.25, 0.3) is 0 Å². The van der Waals surface area contributed by atoms with E-state index in [-0.39, 0.29) is 21.3 Å². The molecule has 2 N–H and O–H groups in total. The van der Waals surface area contributed by atoms with E-state index in [0.717, 1.165) is 6.08 Å². The molecule has 0 aliphatic heterocycles. The summed E-state index contributed by atoms with van der Waals surface area (Å²) in [5, 5.41) is 11.5. The lowest BCUT2D eigenvalue weighted by Crippen LogP contribution is -2.14. The molecule has 0 aliphatic carbocycles. The second kappa shape index (κ2) is 5.70. The van der Waals surface area contributed by atoms with Gasteiger partial charge in [-0.3, -0.25) is 4.79 Å². The van der Waals surface area contributed by atoms with Gasteiger partial charge in [-0.1, -0.05) is 29.3 Å². The molecule has 1 aromatic carbocycles. The van der Waals surface area contributed by atoms with Crippen LogP contribution >= 0.6 is 23.2 Å². The summed E-state index contributed by atoms with van der Waals surface area (Å²) < 4.78 is 0. The molecule has 0 aromatic heterocycles. The van der Waals surface area contributed by atoms with Crippen LogP contribution in [-0.2, 0) is 9.59 Å². The summed E-state index contributed by atoms with van der Waals surface area (Å²) in [5.41, 5.74) is 0.312. The minimum atomic E-state index is -1.19. The second-order valence-electron chi connectivity index (χ2n) is 3.22. The van der Waals surface area contributed by atoms with Gasteiger partial charge in [0.25, 0.3) is 5.91 Å². The zero-order chi connectivity index (χ0) is 13.0. The zero-order valence-corrected chi connectivity index (χ0v) is 10.3. The summed E-state index contributed by atoms with van der Waals surface area (Å²) in [4.78, 5) is 22.0. The number of hydrogen-bond donors (Lipinski definition) is 2. The highest BCUT2D eigenvalue weighted by atomic mass is 35.5. The van der Waals surface area contributed by atoms with Gasteiger partial charge in [-0.25, -0.2) is 4.79 Å². The van der Waals surface area contributed by atoms with E-state index < -0.39 is 11.9 Å². The van der Waals surface area contributed by atoms with E-state index in [1.807, 2.05) is 0 Å². The van der Waals surface area contributed by atoms with Gasteiger partial charge in [-0.05, 0) is 19.1 Å². The van der Waals surface area contributed by atoms with Crippen LogP contribution in [0.1, 0.15) is 6.92 Å². The van der Waals surface area contributed by atoms with Gasteiger partial charge in [0.1, 0.15) is 0 Å². The van der Waals surface area contributed by atoms with Crippen LogP contribution < -0.4 is 5.32 Å². The number of amides is 1. The van der Waals surface area contributed by atoms with Crippen LogP contribution in [0, 0.1) is 0 Å². The SMILES string of the molecule is C/C(=C/C(=O)O)C(=O)Nc1c(Cl)cccc1Cl. The van der Waals surface area contributed by atoms with Crippen molar-refractivity contribution in [2.45, 2.75) is 6.92 Å². The Morgan fingerprint density at radius 2 is 1.82 bits per heavy atom. The minimum Gasteiger partial charge on any atom is -0.478 e. The summed E-state index contributed by atoms with van der Waals surface area (Å²) in [6, 6.07) is 4.78. The van der Waals surface area contributed by atoms with Crippen LogP contribution in [0.5, 0.6) is 0 Å². The minimum absolute atomic E-state index is 0.0495. The van der Waals surface area contributed by atoms with Gasteiger partial charge in [0.15, 0.2) is 0 Å². The maximum absolute atomic E-state index is 11.6. The second-order valence-corrected chi connectivity index (χ2v) is 4.03. The van der Waals surface area contributed by atoms with Crippen molar-refractivity contribution in [3.05, 3.63) is 39.9 Å². The first-order valence-corrected chi connectivity index (χ1v) is 5.34. The number of carbonyl (C=O) groups is 2. The molecule has 0 atom stereocenters. The largest absolute Gasteiger partial charge is 0.478 e. The Morgan fingerprint density at radius 3 is 2.29 bits per heavy atom. The Bertz CT molecular complexity index is 477. The number of nitrogens with one attached hydrogen (secondary N) is 1. The lowest BCUT2D eigenvalue weighted by atomic mass is 10.2. The number of anilines is 1. The highest BCUT2D eigenvalue weighted by Gasteiger charge is 2.11. The third-order valence-electron chi connectivity index (χ3n) is 1.90. The Labute approximate surface area is 108 Å². The van der Waals surface area contributed by atoms with Crippen LogP contribution in [0.15, 0.2) is 29.8 Å². The lowest BCUT2D eigenvalue weighted by molar-refractivity contribution is -0.131. The van der Waals surface area contributed by atoms with E-state index >= 15 is 0 Å². The van der Waals surface area contributed by atoms with E-state index in [0.29, 0.717) is 0 Å². The molecule has 0 fully saturated rings. The number of aliphatic carboxylic acids is 1. The van der Waals surface area contributed by atoms with Gasteiger partial charge in [0, 0.05) is 11.6 Å². The smallest absolute Gasteiger partial charge is 0.328 e. The zero-order valence-electron chi connectivity index (χ0n) is 8.83. The van der Waals surface area contributed by atoms with E-state index in [4.69, 9.17) is 28.3 Å². The fourth-order valence-electron chi connectivity index (χ4n) is 1.08. The molecular weight excluding hydrogens is 265 g/mol. The molecule has 0 heterocycles. The van der Waals surface area contributed by atoms with Gasteiger partial charge >= 0.3 is 5.97 Å². The van der Waals surface area contributed by atoms with Crippen molar-refractivity contribution in [2.75, 3.05) is 5.32 Å². The molecule has 4 nitrogen and oxygen atoms in total. The van der Waals surface area contributed by atoms with Crippen molar-refractivity contribution in [1.82, 2.24) is 0 Å². The van der Waals surface area contributed by atoms with Crippen LogP contribution in [0.2, 0.25) is 10.0 Å². The molecule has 17 heavy (non-hydrogen) atoms. The molecule has 0 spiro atoms. The molecular formula is C11H9Cl2NO3. The summed E-state index contributed by atoms with van der Waals surface area (Å²) in [6.45, 7) is 1.38. The highest BCUT2D eigenvalue weighted by Crippen LogP contribution is 2.29. The predicted octanol–water partition coefficient (Wildman–Crippen LogP) is 2.96. The van der Waals surface area contributed by atoms with Crippen molar-refractivity contribution < 1.29 is 14.7 Å². The number of para-hydroxylation sites is 1. The molecule has 0 radical (unpaired) electrons. The first-order chi connectivity index (χ1) is 7.91. The molecule has 6 heteroatoms. The number of carboxylic acid groups (broad SMARTS) is 1. The fraction of sp³-hybridized carbons (Fsp3) is 0.0909. The number of hydrogen-bond acceptors (Lipinski definition) is 2. The first-order valence-electron chi connectivity index (χ1n) is 4.58. The maximum Gasteiger partial charge on any atom is 0.328 e. The monoisotopic (exact) mass is 273 g/mol. The highest BCUT2D eigenvalue weighted by molar-refractivity contribution is 6.40. The van der Waals surface area contributed by atoms with Crippen LogP contribution in [-0.4, -0.2) is 17.0 Å². The average Bonchev–Trinajstić information content (AvgIpc) is 2.22. The van der Waals surface area contributed by atoms with Gasteiger partial charge in [-0.2, -0.15) is 0 Å². The Kier molecular flexibility index (Phi) is 4.54. The Morgan fingerprint density at radius 1 is 1.29 bits per heavy atom. The predicted molar refractivity (Wildman–Crippen MR) is 66.5 cm³/mol. The average molecular weight is 274 g/mol. The summed E-state index contributed by atoms with van der Waals surface area (Å²) in [6.07, 6.45) is 0.806. The van der Waals surface area contributed by atoms with Crippen LogP contribution in [0.4, 0.5) is 5.69 Å². The van der Waals surface area contributed by atoms with Gasteiger partial charge < -0.3 is 10.4 Å². The number of carboxylic acids is 1. The van der Waals surface area contributed by atoms with Crippen molar-refractivity contribution in [3.63, 3.8) is 0 Å². The van der Waals surface area contributed by atoms with E-state index in [2.05, 4.69) is 5.32 Å². The topological polar surface area (TPSA) is 66.4 Å². The third-order valence-corrected chi connectivity index (χ3v) is 2.53. The maximum atomic E-state index is 11.6. The molecule has 0 aliphatic rings. The first kappa shape index (κ1) is 13.5. The van der Waals surface area contributed by atoms with E-state index in [9.17, 15) is 9.59 Å². The summed E-state index contributed by atoms with van der Waals surface area (Å²) >= 11 is 11.7. The normalized spacial score (nSPS) is 11.1. The van der Waals surface area contributed by atoms with E-state index in [1.165, 1.54) is 6.92 Å². The summed E-state index contributed by atoms with van der Waals surface area (Å²) in [5.74, 6) is -1.76. The number of carbonyl (C=O) groups excluding carboxylic acids is 1. The molecule has 0 bridgehead atoms. The van der Waals surface area contributed by atoms with Gasteiger partial charge in [0.2, 0.25) is 0 Å². The molecule has 1 amide bonds. The Balaban J connectivity index is 2.93. The number of benzene rings is 1. The van der Waals surface area contributed by atoms with Crippen molar-refractivity contribution in [3.8, 4) is 0 Å². The molecule has 1 aromatic rings. The van der Waals surface area contributed by atoms with Crippen molar-refractivity contribution in [2.24, 2.45) is 0 Å². The molecule has 90 valence electrons. The molecule has 0 saturated heterocycles. The molecule has 1 rings (SSSR count). The number of rotatable bonds is 3. The standard InChI is InChI=1S/C11H9Cl2NO3/c1-6(5-9(15)16)11(17)14-10-7(12)3-2-4-8(10)13/h2-5H,1H3,(H,14,17)(H,15,16)/b6-5-. The van der Waals surface area contributed by atoms with Crippen molar-refractivity contribution in [1.29, 1.82) is 0 Å². The molecule has 0 unspecified atom stereocenters. The number of halogens is 2. The van der Waals surface area contributed by atoms with Gasteiger partial charge in [0.05, 0.1) is 15.7 Å².